The number of hydrogen-bond acceptors (Lipinski definition) is 0. The predicted molar refractivity (Wildman–Crippen MR) is 35.1 cm³/mol. The standard InChI is InChI=1S/C7H12.V.W/c1-5-6-7(2,3)4;;/h1-4H3;;. The fraction of sp³-hybridized carbons (Fsp3) is 0.714. The van der Waals surface area contributed by atoms with Crippen LogP contribution >= 0.6 is 0 Å². The van der Waals surface area contributed by atoms with Crippen molar-refractivity contribution in [3.63, 3.8) is 0 Å². The molecule has 0 nitrogen and oxygen atoms in total. The Morgan fingerprint density at radius 3 is 1.67 bits per heavy atom. The van der Waals surface area contributed by atoms with Crippen LogP contribution in [0, 0.1) is 5.41 Å². The molecule has 0 spiro atoms. The Hall–Kier alpha value is 1.01. The van der Waals surface area contributed by atoms with E-state index in [0.717, 1.165) is 0 Å². The summed E-state index contributed by atoms with van der Waals surface area (Å²) in [5, 5.41) is 0. The Kier molecular flexibility index (Phi) is 3.80. The molecule has 0 aliphatic heterocycles. The number of hydrogen-bond donors (Lipinski definition) is 0. The van der Waals surface area contributed by atoms with Crippen molar-refractivity contribution in [2.75, 3.05) is 0 Å². The normalized spacial score (nSPS) is 11.0. The first-order valence-corrected chi connectivity index (χ1v) is 5.09. The summed E-state index contributed by atoms with van der Waals surface area (Å²) in [5.41, 5.74) is 0.353. The molecule has 0 atom stereocenters. The fourth-order valence-electron chi connectivity index (χ4n) is 0.528. The topological polar surface area (TPSA) is 0 Å². The van der Waals surface area contributed by atoms with Gasteiger partial charge in [-0.2, -0.15) is 0 Å². The van der Waals surface area contributed by atoms with Crippen molar-refractivity contribution in [3.05, 3.63) is 0 Å². The molecule has 0 amide bonds. The van der Waals surface area contributed by atoms with Crippen LogP contribution in [0.5, 0.6) is 0 Å². The van der Waals surface area contributed by atoms with E-state index in [4.69, 9.17) is 0 Å². The van der Waals surface area contributed by atoms with Crippen LogP contribution in [0.2, 0.25) is 0 Å². The maximum absolute atomic E-state index is 2.67. The summed E-state index contributed by atoms with van der Waals surface area (Å²) in [5.74, 6) is 0. The SMILES string of the molecule is C[C](=[W])[C](=[V])C(C)(C)C. The maximum atomic E-state index is 2.67. The van der Waals surface area contributed by atoms with Gasteiger partial charge in [-0.05, 0) is 0 Å². The second-order valence-corrected chi connectivity index (χ2v) is 6.05. The van der Waals surface area contributed by atoms with E-state index in [0.29, 0.717) is 5.41 Å². The zero-order valence-electron chi connectivity index (χ0n) is 6.36. The van der Waals surface area contributed by atoms with Crippen molar-refractivity contribution >= 4 is 8.12 Å². The van der Waals surface area contributed by atoms with Gasteiger partial charge in [0.25, 0.3) is 0 Å². The molecule has 0 saturated heterocycles. The molecule has 0 aliphatic carbocycles. The first-order valence-electron chi connectivity index (χ1n) is 2.93. The second kappa shape index (κ2) is 3.42. The minimum absolute atomic E-state index is 0.353. The van der Waals surface area contributed by atoms with E-state index in [1.54, 1.807) is 19.4 Å². The van der Waals surface area contributed by atoms with Gasteiger partial charge >= 0.3 is 77.6 Å². The molecule has 0 aromatic heterocycles. The van der Waals surface area contributed by atoms with Crippen molar-refractivity contribution in [2.24, 2.45) is 5.41 Å². The van der Waals surface area contributed by atoms with Crippen LogP contribution < -0.4 is 0 Å². The van der Waals surface area contributed by atoms with E-state index in [1.807, 2.05) is 0 Å². The molecule has 0 aromatic carbocycles. The summed E-state index contributed by atoms with van der Waals surface area (Å²) in [6, 6.07) is 0. The monoisotopic (exact) mass is 331 g/mol. The molecular weight excluding hydrogens is 319 g/mol. The molecular formula is C7H12VW. The van der Waals surface area contributed by atoms with Crippen LogP contribution in [0.1, 0.15) is 27.7 Å². The van der Waals surface area contributed by atoms with Gasteiger partial charge in [-0.3, -0.25) is 0 Å². The van der Waals surface area contributed by atoms with E-state index in [9.17, 15) is 0 Å². The van der Waals surface area contributed by atoms with E-state index in [2.05, 4.69) is 44.7 Å². The molecule has 0 aliphatic rings. The molecule has 0 saturated carbocycles. The molecule has 0 N–H and O–H groups in total. The van der Waals surface area contributed by atoms with Gasteiger partial charge in [0.15, 0.2) is 0 Å². The van der Waals surface area contributed by atoms with Crippen LogP contribution in [0.25, 0.3) is 0 Å². The van der Waals surface area contributed by atoms with Crippen LogP contribution in [0.3, 0.4) is 0 Å². The summed E-state index contributed by atoms with van der Waals surface area (Å²) in [4.78, 5) is 0. The van der Waals surface area contributed by atoms with E-state index in [1.165, 1.54) is 8.12 Å². The zero-order valence-corrected chi connectivity index (χ0v) is 10.7. The number of rotatable bonds is 1. The molecule has 0 radical (unpaired) electrons. The van der Waals surface area contributed by atoms with Gasteiger partial charge in [0.05, 0.1) is 0 Å². The first kappa shape index (κ1) is 10.0. The Morgan fingerprint density at radius 2 is 1.67 bits per heavy atom. The third kappa shape index (κ3) is 3.65. The van der Waals surface area contributed by atoms with Crippen molar-refractivity contribution in [1.82, 2.24) is 0 Å². The third-order valence-electron chi connectivity index (χ3n) is 1.04. The summed E-state index contributed by atoms with van der Waals surface area (Å²) in [6.07, 6.45) is 0. The van der Waals surface area contributed by atoms with Crippen molar-refractivity contribution in [3.8, 4) is 0 Å². The van der Waals surface area contributed by atoms with Gasteiger partial charge in [0.1, 0.15) is 0 Å². The molecule has 0 unspecified atom stereocenters. The predicted octanol–water partition coefficient (Wildman–Crippen LogP) is 1.49. The zero-order chi connectivity index (χ0) is 7.65. The van der Waals surface area contributed by atoms with Crippen molar-refractivity contribution < 1.29 is 36.3 Å². The molecule has 9 heavy (non-hydrogen) atoms. The van der Waals surface area contributed by atoms with E-state index >= 15 is 0 Å². The van der Waals surface area contributed by atoms with Gasteiger partial charge in [-0.15, -0.1) is 0 Å². The summed E-state index contributed by atoms with van der Waals surface area (Å²) < 4.78 is 2.98. The minimum atomic E-state index is 0.353. The summed E-state index contributed by atoms with van der Waals surface area (Å²) in [7, 11) is 0. The average molecular weight is 331 g/mol. The van der Waals surface area contributed by atoms with Crippen molar-refractivity contribution in [1.29, 1.82) is 0 Å². The van der Waals surface area contributed by atoms with E-state index < -0.39 is 0 Å². The average Bonchev–Trinajstić information content (AvgIpc) is 1.62. The van der Waals surface area contributed by atoms with Crippen molar-refractivity contribution in [2.45, 2.75) is 27.7 Å². The molecule has 51 valence electrons. The Balaban J connectivity index is 4.23. The summed E-state index contributed by atoms with van der Waals surface area (Å²) in [6.45, 7) is 8.92. The van der Waals surface area contributed by atoms with Crippen LogP contribution in [0.15, 0.2) is 0 Å². The molecule has 0 rings (SSSR count). The van der Waals surface area contributed by atoms with Gasteiger partial charge in [-0.25, -0.2) is 0 Å². The van der Waals surface area contributed by atoms with Gasteiger partial charge in [0, 0.05) is 0 Å². The summed E-state index contributed by atoms with van der Waals surface area (Å²) >= 11 is 4.25. The quantitative estimate of drug-likeness (QED) is 0.683. The molecule has 2 heteroatoms. The Labute approximate surface area is 77.3 Å². The van der Waals surface area contributed by atoms with Gasteiger partial charge in [0.2, 0.25) is 0 Å². The molecule has 0 heterocycles. The Morgan fingerprint density at radius 1 is 1.33 bits per heavy atom. The van der Waals surface area contributed by atoms with Gasteiger partial charge < -0.3 is 0 Å². The van der Waals surface area contributed by atoms with Crippen LogP contribution in [-0.2, 0) is 36.3 Å². The fourth-order valence-corrected chi connectivity index (χ4v) is 1.63. The third-order valence-corrected chi connectivity index (χ3v) is 4.30. The van der Waals surface area contributed by atoms with Crippen LogP contribution in [-0.4, -0.2) is 8.12 Å². The van der Waals surface area contributed by atoms with Crippen LogP contribution in [0.4, 0.5) is 0 Å². The molecule has 0 bridgehead atoms. The molecule has 0 fully saturated rings. The van der Waals surface area contributed by atoms with Gasteiger partial charge in [-0.1, -0.05) is 0 Å². The van der Waals surface area contributed by atoms with E-state index in [-0.39, 0.29) is 0 Å². The molecule has 0 aromatic rings. The first-order chi connectivity index (χ1) is 3.85. The Bertz CT molecular complexity index is 141. The second-order valence-electron chi connectivity index (χ2n) is 3.15.